The average molecular weight is 502 g/mol. The topological polar surface area (TPSA) is 86.8 Å². The zero-order valence-corrected chi connectivity index (χ0v) is 22.5. The van der Waals surface area contributed by atoms with Crippen molar-refractivity contribution in [3.63, 3.8) is 0 Å². The molecule has 7 nitrogen and oxygen atoms in total. The Kier molecular flexibility index (Phi) is 10.3. The fourth-order valence-corrected chi connectivity index (χ4v) is 4.52. The van der Waals surface area contributed by atoms with Crippen LogP contribution in [-0.2, 0) is 26.0 Å². The minimum atomic E-state index is -3.73. The molecule has 0 aliphatic heterocycles. The van der Waals surface area contributed by atoms with E-state index in [2.05, 4.69) is 19.2 Å². The molecular formula is C27H39N3O4S. The van der Waals surface area contributed by atoms with E-state index < -0.39 is 22.0 Å². The van der Waals surface area contributed by atoms with Gasteiger partial charge in [-0.05, 0) is 55.9 Å². The van der Waals surface area contributed by atoms with Crippen LogP contribution in [0.5, 0.6) is 0 Å². The fraction of sp³-hybridized carbons (Fsp3) is 0.481. The van der Waals surface area contributed by atoms with Crippen LogP contribution in [0.1, 0.15) is 58.1 Å². The molecule has 2 rings (SSSR count). The number of nitrogens with one attached hydrogen (secondary N) is 1. The molecular weight excluding hydrogens is 462 g/mol. The number of anilines is 1. The van der Waals surface area contributed by atoms with Crippen molar-refractivity contribution < 1.29 is 18.0 Å². The van der Waals surface area contributed by atoms with E-state index in [1.165, 1.54) is 4.90 Å². The van der Waals surface area contributed by atoms with E-state index in [1.54, 1.807) is 19.1 Å². The number of nitrogens with zero attached hydrogens (tertiary/aromatic N) is 2. The molecule has 0 aromatic heterocycles. The third-order valence-corrected chi connectivity index (χ3v) is 7.32. The van der Waals surface area contributed by atoms with Crippen LogP contribution in [0.2, 0.25) is 0 Å². The molecule has 0 aliphatic carbocycles. The molecule has 0 radical (unpaired) electrons. The maximum Gasteiger partial charge on any atom is 0.244 e. The smallest absolute Gasteiger partial charge is 0.244 e. The first kappa shape index (κ1) is 28.4. The van der Waals surface area contributed by atoms with Gasteiger partial charge in [0, 0.05) is 12.6 Å². The first-order valence-corrected chi connectivity index (χ1v) is 14.0. The van der Waals surface area contributed by atoms with Crippen molar-refractivity contribution in [1.82, 2.24) is 10.2 Å². The van der Waals surface area contributed by atoms with Gasteiger partial charge in [-0.15, -0.1) is 0 Å². The average Bonchev–Trinajstić information content (AvgIpc) is 2.82. The third kappa shape index (κ3) is 8.38. The molecule has 0 unspecified atom stereocenters. The zero-order chi connectivity index (χ0) is 26.2. The second-order valence-corrected chi connectivity index (χ2v) is 11.2. The molecule has 2 atom stereocenters. The maximum absolute atomic E-state index is 13.5. The van der Waals surface area contributed by atoms with Gasteiger partial charge in [-0.3, -0.25) is 13.9 Å². The highest BCUT2D eigenvalue weighted by molar-refractivity contribution is 7.92. The van der Waals surface area contributed by atoms with Crippen molar-refractivity contribution in [2.45, 2.75) is 65.5 Å². The summed E-state index contributed by atoms with van der Waals surface area (Å²) in [6, 6.07) is 16.1. The van der Waals surface area contributed by atoms with Gasteiger partial charge in [0.15, 0.2) is 0 Å². The van der Waals surface area contributed by atoms with Gasteiger partial charge in [-0.2, -0.15) is 0 Å². The van der Waals surface area contributed by atoms with Gasteiger partial charge in [-0.25, -0.2) is 8.42 Å². The van der Waals surface area contributed by atoms with Crippen molar-refractivity contribution in [3.05, 3.63) is 65.7 Å². The molecule has 0 saturated heterocycles. The summed E-state index contributed by atoms with van der Waals surface area (Å²) in [7, 11) is -3.73. The number of amides is 2. The molecule has 8 heteroatoms. The molecule has 1 N–H and O–H groups in total. The number of hydrogen-bond acceptors (Lipinski definition) is 4. The Labute approximate surface area is 210 Å². The number of benzene rings is 2. The van der Waals surface area contributed by atoms with Gasteiger partial charge < -0.3 is 10.2 Å². The summed E-state index contributed by atoms with van der Waals surface area (Å²) < 4.78 is 26.4. The van der Waals surface area contributed by atoms with E-state index in [0.717, 1.165) is 28.1 Å². The molecule has 35 heavy (non-hydrogen) atoms. The van der Waals surface area contributed by atoms with Gasteiger partial charge in [0.05, 0.1) is 11.9 Å². The molecule has 0 aliphatic rings. The molecule has 2 aromatic rings. The number of carbonyl (C=O) groups excluding carboxylic acids is 2. The fourth-order valence-electron chi connectivity index (χ4n) is 3.67. The second-order valence-electron chi connectivity index (χ2n) is 9.33. The Balaban J connectivity index is 2.31. The van der Waals surface area contributed by atoms with Gasteiger partial charge in [-0.1, -0.05) is 63.2 Å². The third-order valence-electron chi connectivity index (χ3n) is 6.18. The van der Waals surface area contributed by atoms with Crippen molar-refractivity contribution >= 4 is 27.5 Å². The van der Waals surface area contributed by atoms with E-state index >= 15 is 0 Å². The predicted molar refractivity (Wildman–Crippen MR) is 142 cm³/mol. The molecule has 2 amide bonds. The van der Waals surface area contributed by atoms with Crippen LogP contribution in [0.4, 0.5) is 5.69 Å². The summed E-state index contributed by atoms with van der Waals surface area (Å²) in [5, 5.41) is 2.93. The van der Waals surface area contributed by atoms with Gasteiger partial charge >= 0.3 is 0 Å². The Bertz CT molecular complexity index is 1070. The minimum Gasteiger partial charge on any atom is -0.352 e. The van der Waals surface area contributed by atoms with Crippen LogP contribution in [0, 0.1) is 0 Å². The lowest BCUT2D eigenvalue weighted by atomic mass is 10.0. The van der Waals surface area contributed by atoms with Crippen molar-refractivity contribution in [2.24, 2.45) is 0 Å². The lowest BCUT2D eigenvalue weighted by Crippen LogP contribution is -2.53. The van der Waals surface area contributed by atoms with Crippen LogP contribution in [0.3, 0.4) is 0 Å². The lowest BCUT2D eigenvalue weighted by molar-refractivity contribution is -0.139. The summed E-state index contributed by atoms with van der Waals surface area (Å²) in [5.74, 6) is -0.380. The molecule has 0 saturated carbocycles. The van der Waals surface area contributed by atoms with Crippen LogP contribution in [-0.4, -0.2) is 56.6 Å². The molecule has 0 heterocycles. The highest BCUT2D eigenvalue weighted by Gasteiger charge is 2.30. The van der Waals surface area contributed by atoms with Crippen molar-refractivity contribution in [1.29, 1.82) is 0 Å². The quantitative estimate of drug-likeness (QED) is 0.477. The molecule has 2 aromatic carbocycles. The minimum absolute atomic E-state index is 0.0250. The maximum atomic E-state index is 13.5. The van der Waals surface area contributed by atoms with Crippen LogP contribution in [0.15, 0.2) is 54.6 Å². The second kappa shape index (κ2) is 12.7. The summed E-state index contributed by atoms with van der Waals surface area (Å²) in [5.41, 5.74) is 2.53. The summed E-state index contributed by atoms with van der Waals surface area (Å²) >= 11 is 0. The van der Waals surface area contributed by atoms with Gasteiger partial charge in [0.1, 0.15) is 12.6 Å². The number of carbonyl (C=O) groups is 2. The first-order valence-electron chi connectivity index (χ1n) is 12.2. The SMILES string of the molecule is CC[C@H](C)NC(=O)[C@@H](C)N(CCc1ccccc1)C(=O)CN(c1ccc(C(C)C)cc1)S(C)(=O)=O. The molecule has 0 spiro atoms. The Hall–Kier alpha value is -2.87. The summed E-state index contributed by atoms with van der Waals surface area (Å²) in [6.07, 6.45) is 2.41. The zero-order valence-electron chi connectivity index (χ0n) is 21.7. The van der Waals surface area contributed by atoms with Crippen LogP contribution in [0.25, 0.3) is 0 Å². The number of rotatable bonds is 12. The largest absolute Gasteiger partial charge is 0.352 e. The Morgan fingerprint density at radius 1 is 0.943 bits per heavy atom. The molecule has 0 fully saturated rings. The van der Waals surface area contributed by atoms with Crippen molar-refractivity contribution in [3.8, 4) is 0 Å². The Morgan fingerprint density at radius 2 is 1.54 bits per heavy atom. The summed E-state index contributed by atoms with van der Waals surface area (Å²) in [6.45, 7) is 9.60. The van der Waals surface area contributed by atoms with Crippen LogP contribution < -0.4 is 9.62 Å². The monoisotopic (exact) mass is 501 g/mol. The Morgan fingerprint density at radius 3 is 2.06 bits per heavy atom. The number of sulfonamides is 1. The normalized spacial score (nSPS) is 13.2. The molecule has 192 valence electrons. The van der Waals surface area contributed by atoms with E-state index in [0.29, 0.717) is 24.6 Å². The van der Waals surface area contributed by atoms with Gasteiger partial charge in [0.25, 0.3) is 0 Å². The van der Waals surface area contributed by atoms with E-state index in [-0.39, 0.29) is 18.5 Å². The molecule has 0 bridgehead atoms. The van der Waals surface area contributed by atoms with Crippen molar-refractivity contribution in [2.75, 3.05) is 23.7 Å². The van der Waals surface area contributed by atoms with E-state index in [9.17, 15) is 18.0 Å². The summed E-state index contributed by atoms with van der Waals surface area (Å²) in [4.78, 5) is 27.9. The number of hydrogen-bond donors (Lipinski definition) is 1. The lowest BCUT2D eigenvalue weighted by Gasteiger charge is -2.32. The van der Waals surface area contributed by atoms with Crippen LogP contribution >= 0.6 is 0 Å². The predicted octanol–water partition coefficient (Wildman–Crippen LogP) is 3.95. The highest BCUT2D eigenvalue weighted by Crippen LogP contribution is 2.22. The highest BCUT2D eigenvalue weighted by atomic mass is 32.2. The standard InChI is InChI=1S/C27H39N3O4S/c1-7-21(4)28-27(32)22(5)29(18-17-23-11-9-8-10-12-23)26(31)19-30(35(6,33)34)25-15-13-24(14-16-25)20(2)3/h8-16,20-22H,7,17-19H2,1-6H3,(H,28,32)/t21-,22+/m0/s1. The first-order chi connectivity index (χ1) is 16.4. The van der Waals surface area contributed by atoms with E-state index in [1.807, 2.05) is 56.3 Å². The van der Waals surface area contributed by atoms with E-state index in [4.69, 9.17) is 0 Å². The van der Waals surface area contributed by atoms with Gasteiger partial charge in [0.2, 0.25) is 21.8 Å².